The lowest BCUT2D eigenvalue weighted by Crippen LogP contribution is -2.22. The Morgan fingerprint density at radius 2 is 1.83 bits per heavy atom. The molecular formula is C16H11F3N2O3. The number of benzene rings is 2. The van der Waals surface area contributed by atoms with Crippen molar-refractivity contribution in [3.05, 3.63) is 69.7 Å². The number of fused-ring (bicyclic) bond motifs is 1. The van der Waals surface area contributed by atoms with Gasteiger partial charge >= 0.3 is 11.9 Å². The molecule has 0 aliphatic rings. The predicted molar refractivity (Wildman–Crippen MR) is 79.4 cm³/mol. The number of aromatic nitrogens is 1. The maximum atomic E-state index is 12.5. The summed E-state index contributed by atoms with van der Waals surface area (Å²) in [5.41, 5.74) is 0.924. The molecule has 0 bridgehead atoms. The third kappa shape index (κ3) is 3.32. The first kappa shape index (κ1) is 15.9. The van der Waals surface area contributed by atoms with Gasteiger partial charge in [-0.25, -0.2) is 4.79 Å². The van der Waals surface area contributed by atoms with Crippen LogP contribution in [0, 0.1) is 0 Å². The quantitative estimate of drug-likeness (QED) is 0.772. The fourth-order valence-electron chi connectivity index (χ4n) is 2.20. The van der Waals surface area contributed by atoms with Crippen LogP contribution in [0.25, 0.3) is 11.1 Å². The van der Waals surface area contributed by atoms with E-state index in [1.807, 2.05) is 0 Å². The van der Waals surface area contributed by atoms with E-state index >= 15 is 0 Å². The maximum Gasteiger partial charge on any atom is 0.417 e. The molecule has 1 heterocycles. The van der Waals surface area contributed by atoms with Gasteiger partial charge in [0.15, 0.2) is 5.58 Å². The number of hydrogen-bond acceptors (Lipinski definition) is 3. The fraction of sp³-hybridized carbons (Fsp3) is 0.125. The van der Waals surface area contributed by atoms with Gasteiger partial charge in [-0.2, -0.15) is 13.2 Å². The normalized spacial score (nSPS) is 11.6. The van der Waals surface area contributed by atoms with Crippen LogP contribution in [-0.2, 0) is 12.7 Å². The molecule has 0 aliphatic carbocycles. The van der Waals surface area contributed by atoms with E-state index in [0.717, 1.165) is 24.3 Å². The third-order valence-corrected chi connectivity index (χ3v) is 3.41. The number of oxazole rings is 1. The molecule has 24 heavy (non-hydrogen) atoms. The molecule has 1 aromatic heterocycles. The molecule has 2 N–H and O–H groups in total. The summed E-state index contributed by atoms with van der Waals surface area (Å²) in [6.45, 7) is 0.156. The zero-order valence-electron chi connectivity index (χ0n) is 12.1. The average Bonchev–Trinajstić information content (AvgIpc) is 2.91. The molecule has 3 rings (SSSR count). The second-order valence-electron chi connectivity index (χ2n) is 5.10. The SMILES string of the molecule is O=C(NCc1ccc2oc(=O)[nH]c2c1)c1ccc(C(F)(F)F)cc1. The molecule has 0 saturated heterocycles. The highest BCUT2D eigenvalue weighted by Crippen LogP contribution is 2.29. The lowest BCUT2D eigenvalue weighted by Gasteiger charge is -2.08. The van der Waals surface area contributed by atoms with Crippen molar-refractivity contribution in [1.82, 2.24) is 10.3 Å². The second kappa shape index (κ2) is 5.88. The van der Waals surface area contributed by atoms with Crippen molar-refractivity contribution in [1.29, 1.82) is 0 Å². The molecule has 0 atom stereocenters. The zero-order chi connectivity index (χ0) is 17.3. The zero-order valence-corrected chi connectivity index (χ0v) is 12.1. The number of alkyl halides is 3. The van der Waals surface area contributed by atoms with Crippen LogP contribution < -0.4 is 11.1 Å². The van der Waals surface area contributed by atoms with Crippen LogP contribution >= 0.6 is 0 Å². The van der Waals surface area contributed by atoms with Gasteiger partial charge < -0.3 is 9.73 Å². The molecule has 0 aliphatic heterocycles. The molecule has 124 valence electrons. The fourth-order valence-corrected chi connectivity index (χ4v) is 2.20. The Labute approximate surface area is 133 Å². The number of carbonyl (C=O) groups is 1. The summed E-state index contributed by atoms with van der Waals surface area (Å²) in [6.07, 6.45) is -4.44. The second-order valence-corrected chi connectivity index (χ2v) is 5.10. The highest BCUT2D eigenvalue weighted by atomic mass is 19.4. The monoisotopic (exact) mass is 336 g/mol. The Kier molecular flexibility index (Phi) is 3.88. The maximum absolute atomic E-state index is 12.5. The van der Waals surface area contributed by atoms with Gasteiger partial charge in [0, 0.05) is 12.1 Å². The molecule has 0 fully saturated rings. The van der Waals surface area contributed by atoms with Crippen molar-refractivity contribution in [2.45, 2.75) is 12.7 Å². The van der Waals surface area contributed by atoms with Gasteiger partial charge in [0.05, 0.1) is 11.1 Å². The summed E-state index contributed by atoms with van der Waals surface area (Å²) in [7, 11) is 0. The largest absolute Gasteiger partial charge is 0.417 e. The van der Waals surface area contributed by atoms with Crippen molar-refractivity contribution in [3.63, 3.8) is 0 Å². The first-order valence-corrected chi connectivity index (χ1v) is 6.90. The van der Waals surface area contributed by atoms with Crippen LogP contribution in [0.15, 0.2) is 51.7 Å². The van der Waals surface area contributed by atoms with E-state index in [-0.39, 0.29) is 12.1 Å². The first-order valence-electron chi connectivity index (χ1n) is 6.90. The van der Waals surface area contributed by atoms with Crippen molar-refractivity contribution in [2.24, 2.45) is 0 Å². The minimum atomic E-state index is -4.44. The standard InChI is InChI=1S/C16H11F3N2O3/c17-16(18,19)11-4-2-10(3-5-11)14(22)20-8-9-1-6-13-12(7-9)21-15(23)24-13/h1-7H,8H2,(H,20,22)(H,21,23). The molecule has 3 aromatic rings. The smallest absolute Gasteiger partial charge is 0.408 e. The Morgan fingerprint density at radius 3 is 2.50 bits per heavy atom. The number of hydrogen-bond donors (Lipinski definition) is 2. The van der Waals surface area contributed by atoms with Crippen molar-refractivity contribution < 1.29 is 22.4 Å². The van der Waals surface area contributed by atoms with Crippen molar-refractivity contribution in [3.8, 4) is 0 Å². The van der Waals surface area contributed by atoms with Crippen LogP contribution in [0.4, 0.5) is 13.2 Å². The molecule has 5 nitrogen and oxygen atoms in total. The summed E-state index contributed by atoms with van der Waals surface area (Å²) >= 11 is 0. The molecule has 8 heteroatoms. The lowest BCUT2D eigenvalue weighted by atomic mass is 10.1. The summed E-state index contributed by atoms with van der Waals surface area (Å²) in [5, 5.41) is 2.60. The van der Waals surface area contributed by atoms with Crippen molar-refractivity contribution in [2.75, 3.05) is 0 Å². The van der Waals surface area contributed by atoms with Gasteiger partial charge in [-0.1, -0.05) is 6.07 Å². The Hall–Kier alpha value is -3.03. The molecular weight excluding hydrogens is 325 g/mol. The number of aromatic amines is 1. The average molecular weight is 336 g/mol. The number of halogens is 3. The van der Waals surface area contributed by atoms with E-state index in [4.69, 9.17) is 4.42 Å². The highest BCUT2D eigenvalue weighted by molar-refractivity contribution is 5.94. The Bertz CT molecular complexity index is 940. The molecule has 2 aromatic carbocycles. The molecule has 0 radical (unpaired) electrons. The summed E-state index contributed by atoms with van der Waals surface area (Å²) in [4.78, 5) is 25.6. The van der Waals surface area contributed by atoms with Crippen LogP contribution in [-0.4, -0.2) is 10.9 Å². The van der Waals surface area contributed by atoms with Gasteiger partial charge in [0.2, 0.25) is 0 Å². The van der Waals surface area contributed by atoms with E-state index in [1.54, 1.807) is 18.2 Å². The predicted octanol–water partition coefficient (Wildman–Crippen LogP) is 3.07. The minimum Gasteiger partial charge on any atom is -0.408 e. The number of rotatable bonds is 3. The third-order valence-electron chi connectivity index (χ3n) is 3.41. The minimum absolute atomic E-state index is 0.126. The molecule has 0 saturated carbocycles. The van der Waals surface area contributed by atoms with Crippen LogP contribution in [0.3, 0.4) is 0 Å². The summed E-state index contributed by atoms with van der Waals surface area (Å²) in [5.74, 6) is -1.07. The Balaban J connectivity index is 1.68. The van der Waals surface area contributed by atoms with Gasteiger partial charge in [-0.05, 0) is 42.0 Å². The lowest BCUT2D eigenvalue weighted by molar-refractivity contribution is -0.137. The molecule has 1 amide bonds. The summed E-state index contributed by atoms with van der Waals surface area (Å²) in [6, 6.07) is 8.87. The van der Waals surface area contributed by atoms with E-state index in [2.05, 4.69) is 10.3 Å². The highest BCUT2D eigenvalue weighted by Gasteiger charge is 2.30. The van der Waals surface area contributed by atoms with E-state index in [0.29, 0.717) is 16.7 Å². The van der Waals surface area contributed by atoms with E-state index < -0.39 is 23.4 Å². The topological polar surface area (TPSA) is 75.1 Å². The summed E-state index contributed by atoms with van der Waals surface area (Å²) < 4.78 is 42.3. The van der Waals surface area contributed by atoms with Crippen LogP contribution in [0.1, 0.15) is 21.5 Å². The number of H-pyrrole nitrogens is 1. The van der Waals surface area contributed by atoms with Gasteiger partial charge in [0.25, 0.3) is 5.91 Å². The van der Waals surface area contributed by atoms with Crippen LogP contribution in [0.2, 0.25) is 0 Å². The van der Waals surface area contributed by atoms with Gasteiger partial charge in [0.1, 0.15) is 0 Å². The first-order chi connectivity index (χ1) is 11.3. The van der Waals surface area contributed by atoms with Gasteiger partial charge in [-0.15, -0.1) is 0 Å². The van der Waals surface area contributed by atoms with Gasteiger partial charge in [-0.3, -0.25) is 9.78 Å². The van der Waals surface area contributed by atoms with Crippen LogP contribution in [0.5, 0.6) is 0 Å². The number of nitrogens with one attached hydrogen (secondary N) is 2. The molecule has 0 spiro atoms. The van der Waals surface area contributed by atoms with Crippen molar-refractivity contribution >= 4 is 17.0 Å². The van der Waals surface area contributed by atoms with E-state index in [9.17, 15) is 22.8 Å². The Morgan fingerprint density at radius 1 is 1.12 bits per heavy atom. The number of amides is 1. The number of carbonyl (C=O) groups excluding carboxylic acids is 1. The molecule has 0 unspecified atom stereocenters. The van der Waals surface area contributed by atoms with E-state index in [1.165, 1.54) is 0 Å².